The highest BCUT2D eigenvalue weighted by Crippen LogP contribution is 2.21. The number of amides is 1. The van der Waals surface area contributed by atoms with Gasteiger partial charge in [-0.25, -0.2) is 4.98 Å². The van der Waals surface area contributed by atoms with Gasteiger partial charge in [-0.3, -0.25) is 4.79 Å². The van der Waals surface area contributed by atoms with Crippen molar-refractivity contribution in [3.05, 3.63) is 77.1 Å². The summed E-state index contributed by atoms with van der Waals surface area (Å²) in [5.41, 5.74) is 3.58. The molecule has 1 aliphatic rings. The minimum atomic E-state index is 0.0235. The van der Waals surface area contributed by atoms with E-state index in [1.165, 1.54) is 35.5 Å². The predicted molar refractivity (Wildman–Crippen MR) is 130 cm³/mol. The Kier molecular flexibility index (Phi) is 7.85. The fourth-order valence-corrected chi connectivity index (χ4v) is 4.60. The van der Waals surface area contributed by atoms with Crippen molar-refractivity contribution in [2.45, 2.75) is 32.7 Å². The monoisotopic (exact) mass is 449 g/mol. The van der Waals surface area contributed by atoms with Crippen LogP contribution in [0, 0.1) is 6.92 Å². The molecule has 1 N–H and O–H groups in total. The molecule has 0 spiro atoms. The number of benzene rings is 2. The second-order valence-corrected chi connectivity index (χ2v) is 9.13. The molecule has 2 aromatic carbocycles. The van der Waals surface area contributed by atoms with Gasteiger partial charge in [-0.05, 0) is 44.0 Å². The molecule has 1 fully saturated rings. The topological polar surface area (TPSA) is 61.4 Å². The Morgan fingerprint density at radius 3 is 2.56 bits per heavy atom. The van der Waals surface area contributed by atoms with Crippen LogP contribution in [-0.2, 0) is 17.8 Å². The minimum Gasteiger partial charge on any atom is -0.353 e. The highest BCUT2D eigenvalue weighted by atomic mass is 32.1. The molecule has 0 bridgehead atoms. The van der Waals surface area contributed by atoms with Gasteiger partial charge in [0.1, 0.15) is 5.82 Å². The van der Waals surface area contributed by atoms with Crippen LogP contribution in [0.3, 0.4) is 0 Å². The van der Waals surface area contributed by atoms with Crippen molar-refractivity contribution < 1.29 is 4.79 Å². The molecule has 6 nitrogen and oxygen atoms in total. The molecule has 0 unspecified atom stereocenters. The first-order valence-corrected chi connectivity index (χ1v) is 12.1. The van der Waals surface area contributed by atoms with E-state index in [9.17, 15) is 4.79 Å². The fraction of sp³-hybridized carbons (Fsp3) is 0.400. The summed E-state index contributed by atoms with van der Waals surface area (Å²) in [6, 6.07) is 18.6. The summed E-state index contributed by atoms with van der Waals surface area (Å²) in [4.78, 5) is 21.9. The lowest BCUT2D eigenvalue weighted by Gasteiger charge is -2.21. The molecule has 2 heterocycles. The summed E-state index contributed by atoms with van der Waals surface area (Å²) < 4.78 is 4.57. The number of carbonyl (C=O) groups is 1. The van der Waals surface area contributed by atoms with Gasteiger partial charge in [0, 0.05) is 37.6 Å². The third-order valence-corrected chi connectivity index (χ3v) is 6.53. The third-order valence-electron chi connectivity index (χ3n) is 5.71. The molecule has 1 aromatic heterocycles. The van der Waals surface area contributed by atoms with E-state index in [1.54, 1.807) is 0 Å². The highest BCUT2D eigenvalue weighted by molar-refractivity contribution is 7.09. The third kappa shape index (κ3) is 6.61. The van der Waals surface area contributed by atoms with E-state index in [1.807, 2.05) is 23.1 Å². The van der Waals surface area contributed by atoms with Gasteiger partial charge in [-0.15, -0.1) is 0 Å². The summed E-state index contributed by atoms with van der Waals surface area (Å²) in [7, 11) is 0. The lowest BCUT2D eigenvalue weighted by molar-refractivity contribution is -0.119. The van der Waals surface area contributed by atoms with E-state index in [4.69, 9.17) is 4.98 Å². The highest BCUT2D eigenvalue weighted by Gasteiger charge is 2.18. The first-order chi connectivity index (χ1) is 15.7. The normalized spacial score (nSPS) is 13.9. The lowest BCUT2D eigenvalue weighted by Crippen LogP contribution is -2.40. The maximum absolute atomic E-state index is 12.7. The SMILES string of the molecule is Cc1ccc(Cc2nsc(N(CC(=O)NCCN3CCCC3)Cc3ccccc3)n2)cc1. The van der Waals surface area contributed by atoms with Crippen LogP contribution in [0.25, 0.3) is 0 Å². The van der Waals surface area contributed by atoms with Gasteiger partial charge in [-0.1, -0.05) is 60.2 Å². The molecule has 7 heteroatoms. The van der Waals surface area contributed by atoms with E-state index in [0.717, 1.165) is 36.2 Å². The summed E-state index contributed by atoms with van der Waals surface area (Å²) >= 11 is 1.36. The number of nitrogens with one attached hydrogen (secondary N) is 1. The number of aryl methyl sites for hydroxylation is 1. The number of anilines is 1. The molecule has 4 rings (SSSR count). The van der Waals surface area contributed by atoms with Crippen LogP contribution in [0.5, 0.6) is 0 Å². The van der Waals surface area contributed by atoms with Gasteiger partial charge in [0.05, 0.1) is 6.54 Å². The second kappa shape index (κ2) is 11.2. The van der Waals surface area contributed by atoms with E-state index in [0.29, 0.717) is 19.5 Å². The van der Waals surface area contributed by atoms with Crippen molar-refractivity contribution in [3.8, 4) is 0 Å². The van der Waals surface area contributed by atoms with Crippen LogP contribution in [0.15, 0.2) is 54.6 Å². The molecule has 0 saturated carbocycles. The first kappa shape index (κ1) is 22.4. The number of rotatable bonds is 10. The first-order valence-electron chi connectivity index (χ1n) is 11.3. The zero-order chi connectivity index (χ0) is 22.2. The number of hydrogen-bond donors (Lipinski definition) is 1. The Bertz CT molecular complexity index is 983. The molecule has 32 heavy (non-hydrogen) atoms. The molecule has 0 radical (unpaired) electrons. The summed E-state index contributed by atoms with van der Waals surface area (Å²) in [5.74, 6) is 0.816. The largest absolute Gasteiger partial charge is 0.353 e. The van der Waals surface area contributed by atoms with Crippen molar-refractivity contribution in [2.24, 2.45) is 0 Å². The Hall–Kier alpha value is -2.77. The zero-order valence-corrected chi connectivity index (χ0v) is 19.5. The van der Waals surface area contributed by atoms with Crippen LogP contribution >= 0.6 is 11.5 Å². The molecular weight excluding hydrogens is 418 g/mol. The van der Waals surface area contributed by atoms with E-state index in [-0.39, 0.29) is 12.5 Å². The quantitative estimate of drug-likeness (QED) is 0.512. The molecule has 168 valence electrons. The Labute approximate surface area is 194 Å². The minimum absolute atomic E-state index is 0.0235. The van der Waals surface area contributed by atoms with Crippen molar-refractivity contribution in [1.29, 1.82) is 0 Å². The van der Waals surface area contributed by atoms with Gasteiger partial charge >= 0.3 is 0 Å². The molecule has 1 saturated heterocycles. The molecule has 1 amide bonds. The van der Waals surface area contributed by atoms with Crippen LogP contribution in [0.1, 0.15) is 35.4 Å². The van der Waals surface area contributed by atoms with Crippen LogP contribution in [0.4, 0.5) is 5.13 Å². The van der Waals surface area contributed by atoms with Crippen LogP contribution < -0.4 is 10.2 Å². The number of hydrogen-bond acceptors (Lipinski definition) is 6. The Morgan fingerprint density at radius 2 is 1.81 bits per heavy atom. The van der Waals surface area contributed by atoms with Gasteiger partial charge < -0.3 is 15.1 Å². The molecule has 1 aliphatic heterocycles. The average Bonchev–Trinajstić information content (AvgIpc) is 3.48. The van der Waals surface area contributed by atoms with Crippen molar-refractivity contribution in [2.75, 3.05) is 37.6 Å². The standard InChI is InChI=1S/C25H31N5OS/c1-20-9-11-21(12-10-20)17-23-27-25(32-28-23)30(18-22-7-3-2-4-8-22)19-24(31)26-13-16-29-14-5-6-15-29/h2-4,7-12H,5-6,13-19H2,1H3,(H,26,31). The van der Waals surface area contributed by atoms with Gasteiger partial charge in [-0.2, -0.15) is 4.37 Å². The van der Waals surface area contributed by atoms with Crippen LogP contribution in [-0.4, -0.2) is 52.9 Å². The maximum Gasteiger partial charge on any atom is 0.239 e. The fourth-order valence-electron chi connectivity index (χ4n) is 3.92. The lowest BCUT2D eigenvalue weighted by atomic mass is 10.1. The molecular formula is C25H31N5OS. The Morgan fingerprint density at radius 1 is 1.06 bits per heavy atom. The molecule has 3 aromatic rings. The summed E-state index contributed by atoms with van der Waals surface area (Å²) in [6.07, 6.45) is 3.22. The second-order valence-electron chi connectivity index (χ2n) is 8.40. The van der Waals surface area contributed by atoms with Crippen molar-refractivity contribution in [3.63, 3.8) is 0 Å². The zero-order valence-electron chi connectivity index (χ0n) is 18.7. The number of likely N-dealkylation sites (tertiary alicyclic amines) is 1. The predicted octanol–water partition coefficient (Wildman–Crippen LogP) is 3.66. The Balaban J connectivity index is 1.40. The van der Waals surface area contributed by atoms with E-state index >= 15 is 0 Å². The van der Waals surface area contributed by atoms with Crippen molar-refractivity contribution >= 4 is 22.6 Å². The van der Waals surface area contributed by atoms with Crippen molar-refractivity contribution in [1.82, 2.24) is 19.6 Å². The number of aromatic nitrogens is 2. The van der Waals surface area contributed by atoms with E-state index < -0.39 is 0 Å². The molecule has 0 atom stereocenters. The van der Waals surface area contributed by atoms with Gasteiger partial charge in [0.2, 0.25) is 11.0 Å². The van der Waals surface area contributed by atoms with Gasteiger partial charge in [0.25, 0.3) is 0 Å². The van der Waals surface area contributed by atoms with Crippen LogP contribution in [0.2, 0.25) is 0 Å². The van der Waals surface area contributed by atoms with Gasteiger partial charge in [0.15, 0.2) is 0 Å². The summed E-state index contributed by atoms with van der Waals surface area (Å²) in [6.45, 7) is 6.88. The number of carbonyl (C=O) groups excluding carboxylic acids is 1. The van der Waals surface area contributed by atoms with E-state index in [2.05, 4.69) is 57.9 Å². The maximum atomic E-state index is 12.7. The molecule has 0 aliphatic carbocycles. The summed E-state index contributed by atoms with van der Waals surface area (Å²) in [5, 5.41) is 3.86. The number of nitrogens with zero attached hydrogens (tertiary/aromatic N) is 4. The average molecular weight is 450 g/mol. The smallest absolute Gasteiger partial charge is 0.239 e.